The number of likely N-dealkylation sites (N-methyl/N-ethyl adjacent to an activating group) is 1. The first kappa shape index (κ1) is 18.6. The van der Waals surface area contributed by atoms with E-state index in [1.807, 2.05) is 12.1 Å². The normalized spacial score (nSPS) is 16.7. The summed E-state index contributed by atoms with van der Waals surface area (Å²) in [6.07, 6.45) is 4.63. The van der Waals surface area contributed by atoms with Crippen molar-refractivity contribution in [3.63, 3.8) is 0 Å². The molecule has 1 aromatic carbocycles. The van der Waals surface area contributed by atoms with Crippen molar-refractivity contribution in [3.8, 4) is 0 Å². The van der Waals surface area contributed by atoms with Gasteiger partial charge in [0.15, 0.2) is 0 Å². The molecule has 0 aromatic heterocycles. The van der Waals surface area contributed by atoms with Crippen LogP contribution in [0.4, 0.5) is 16.2 Å². The van der Waals surface area contributed by atoms with Crippen LogP contribution in [0.2, 0.25) is 0 Å². The maximum absolute atomic E-state index is 12.0. The fraction of sp³-hybridized carbons (Fsp3) is 0.632. The number of urea groups is 1. The molecule has 1 aliphatic rings. The molecule has 0 bridgehead atoms. The number of anilines is 2. The molecular formula is C19H32N4O. The Balaban J connectivity index is 1.77. The first-order valence-electron chi connectivity index (χ1n) is 9.19. The zero-order chi connectivity index (χ0) is 17.4. The van der Waals surface area contributed by atoms with Crippen LogP contribution in [0, 0.1) is 0 Å². The van der Waals surface area contributed by atoms with Crippen LogP contribution in [0.15, 0.2) is 24.3 Å². The number of piperazine rings is 1. The van der Waals surface area contributed by atoms with Crippen LogP contribution in [-0.4, -0.2) is 50.2 Å². The van der Waals surface area contributed by atoms with Crippen LogP contribution < -0.4 is 15.5 Å². The third kappa shape index (κ3) is 6.04. The number of benzene rings is 1. The number of nitrogens with one attached hydrogen (secondary N) is 2. The van der Waals surface area contributed by atoms with E-state index in [4.69, 9.17) is 0 Å². The highest BCUT2D eigenvalue weighted by Gasteiger charge is 2.14. The Labute approximate surface area is 146 Å². The van der Waals surface area contributed by atoms with E-state index < -0.39 is 0 Å². The topological polar surface area (TPSA) is 47.6 Å². The van der Waals surface area contributed by atoms with Crippen molar-refractivity contribution in [1.29, 1.82) is 0 Å². The summed E-state index contributed by atoms with van der Waals surface area (Å²) in [7, 11) is 2.16. The average molecular weight is 332 g/mol. The first-order valence-corrected chi connectivity index (χ1v) is 9.19. The fourth-order valence-corrected chi connectivity index (χ4v) is 2.98. The Morgan fingerprint density at radius 2 is 1.79 bits per heavy atom. The average Bonchev–Trinajstić information content (AvgIpc) is 2.56. The Morgan fingerprint density at radius 1 is 1.12 bits per heavy atom. The summed E-state index contributed by atoms with van der Waals surface area (Å²) in [6, 6.07) is 8.23. The van der Waals surface area contributed by atoms with Gasteiger partial charge in [-0.25, -0.2) is 4.79 Å². The molecule has 0 radical (unpaired) electrons. The number of rotatable bonds is 7. The summed E-state index contributed by atoms with van der Waals surface area (Å²) in [5.74, 6) is 0. The Hall–Kier alpha value is -1.75. The molecule has 1 saturated heterocycles. The summed E-state index contributed by atoms with van der Waals surface area (Å²) >= 11 is 0. The smallest absolute Gasteiger partial charge is 0.319 e. The number of hydrogen-bond donors (Lipinski definition) is 2. The molecule has 5 nitrogen and oxygen atoms in total. The van der Waals surface area contributed by atoms with Crippen LogP contribution >= 0.6 is 0 Å². The quantitative estimate of drug-likeness (QED) is 0.751. The second-order valence-electron chi connectivity index (χ2n) is 6.83. The lowest BCUT2D eigenvalue weighted by molar-refractivity contribution is 0.248. The van der Waals surface area contributed by atoms with Gasteiger partial charge < -0.3 is 20.4 Å². The summed E-state index contributed by atoms with van der Waals surface area (Å²) in [5, 5.41) is 5.93. The number of amides is 2. The molecule has 0 saturated carbocycles. The lowest BCUT2D eigenvalue weighted by Crippen LogP contribution is -2.44. The van der Waals surface area contributed by atoms with Crippen molar-refractivity contribution in [3.05, 3.63) is 24.3 Å². The van der Waals surface area contributed by atoms with E-state index in [1.54, 1.807) is 0 Å². The SMILES string of the molecule is CCCCCC(C)NC(=O)Nc1ccc(N2CCN(C)CC2)cc1. The molecule has 1 unspecified atom stereocenters. The Kier molecular flexibility index (Phi) is 7.37. The molecule has 2 rings (SSSR count). The Bertz CT molecular complexity index is 495. The van der Waals surface area contributed by atoms with Crippen molar-refractivity contribution < 1.29 is 4.79 Å². The highest BCUT2D eigenvalue weighted by atomic mass is 16.2. The van der Waals surface area contributed by atoms with Crippen LogP contribution in [-0.2, 0) is 0 Å². The van der Waals surface area contributed by atoms with Gasteiger partial charge in [-0.2, -0.15) is 0 Å². The van der Waals surface area contributed by atoms with E-state index in [9.17, 15) is 4.79 Å². The van der Waals surface area contributed by atoms with Gasteiger partial charge in [0.2, 0.25) is 0 Å². The summed E-state index contributed by atoms with van der Waals surface area (Å²) in [5.41, 5.74) is 2.06. The predicted molar refractivity (Wildman–Crippen MR) is 102 cm³/mol. The monoisotopic (exact) mass is 332 g/mol. The van der Waals surface area contributed by atoms with Gasteiger partial charge in [0.05, 0.1) is 0 Å². The van der Waals surface area contributed by atoms with Gasteiger partial charge in [0.25, 0.3) is 0 Å². The predicted octanol–water partition coefficient (Wildman–Crippen LogP) is 3.53. The van der Waals surface area contributed by atoms with Gasteiger partial charge in [0, 0.05) is 43.6 Å². The molecule has 24 heavy (non-hydrogen) atoms. The standard InChI is InChI=1S/C19H32N4O/c1-4-5-6-7-16(2)20-19(24)21-17-8-10-18(11-9-17)23-14-12-22(3)13-15-23/h8-11,16H,4-7,12-15H2,1-3H3,(H2,20,21,24). The number of carbonyl (C=O) groups is 1. The van der Waals surface area contributed by atoms with Crippen LogP contribution in [0.5, 0.6) is 0 Å². The number of carbonyl (C=O) groups excluding carboxylic acids is 1. The molecule has 5 heteroatoms. The zero-order valence-corrected chi connectivity index (χ0v) is 15.3. The molecule has 134 valence electrons. The molecular weight excluding hydrogens is 300 g/mol. The fourth-order valence-electron chi connectivity index (χ4n) is 2.98. The van der Waals surface area contributed by atoms with Gasteiger partial charge in [-0.3, -0.25) is 0 Å². The van der Waals surface area contributed by atoms with Gasteiger partial charge in [-0.15, -0.1) is 0 Å². The van der Waals surface area contributed by atoms with E-state index >= 15 is 0 Å². The van der Waals surface area contributed by atoms with E-state index in [0.717, 1.165) is 44.7 Å². The second kappa shape index (κ2) is 9.52. The summed E-state index contributed by atoms with van der Waals surface area (Å²) < 4.78 is 0. The van der Waals surface area contributed by atoms with Crippen LogP contribution in [0.25, 0.3) is 0 Å². The molecule has 1 aromatic rings. The third-order valence-corrected chi connectivity index (χ3v) is 4.61. The molecule has 1 atom stereocenters. The van der Waals surface area contributed by atoms with Gasteiger partial charge in [0.1, 0.15) is 0 Å². The molecule has 2 N–H and O–H groups in total. The molecule has 0 spiro atoms. The summed E-state index contributed by atoms with van der Waals surface area (Å²) in [4.78, 5) is 16.8. The molecule has 1 fully saturated rings. The van der Waals surface area contributed by atoms with Gasteiger partial charge in [-0.05, 0) is 44.7 Å². The van der Waals surface area contributed by atoms with Gasteiger partial charge >= 0.3 is 6.03 Å². The van der Waals surface area contributed by atoms with E-state index in [2.05, 4.69) is 53.5 Å². The van der Waals surface area contributed by atoms with Crippen molar-refractivity contribution in [1.82, 2.24) is 10.2 Å². The van der Waals surface area contributed by atoms with Crippen molar-refractivity contribution in [2.24, 2.45) is 0 Å². The Morgan fingerprint density at radius 3 is 2.42 bits per heavy atom. The van der Waals surface area contributed by atoms with Crippen LogP contribution in [0.3, 0.4) is 0 Å². The number of hydrogen-bond acceptors (Lipinski definition) is 3. The zero-order valence-electron chi connectivity index (χ0n) is 15.3. The summed E-state index contributed by atoms with van der Waals surface area (Å²) in [6.45, 7) is 8.55. The van der Waals surface area contributed by atoms with E-state index in [-0.39, 0.29) is 12.1 Å². The van der Waals surface area contributed by atoms with E-state index in [0.29, 0.717) is 0 Å². The van der Waals surface area contributed by atoms with Crippen molar-refractivity contribution in [2.45, 2.75) is 45.6 Å². The van der Waals surface area contributed by atoms with Crippen molar-refractivity contribution >= 4 is 17.4 Å². The van der Waals surface area contributed by atoms with Crippen LogP contribution in [0.1, 0.15) is 39.5 Å². The second-order valence-corrected chi connectivity index (χ2v) is 6.83. The lowest BCUT2D eigenvalue weighted by Gasteiger charge is -2.34. The highest BCUT2D eigenvalue weighted by molar-refractivity contribution is 5.89. The number of nitrogens with zero attached hydrogens (tertiary/aromatic N) is 2. The maximum atomic E-state index is 12.0. The largest absolute Gasteiger partial charge is 0.369 e. The third-order valence-electron chi connectivity index (χ3n) is 4.61. The minimum absolute atomic E-state index is 0.119. The first-order chi connectivity index (χ1) is 11.6. The minimum atomic E-state index is -0.119. The van der Waals surface area contributed by atoms with Crippen molar-refractivity contribution in [2.75, 3.05) is 43.4 Å². The molecule has 0 aliphatic carbocycles. The number of unbranched alkanes of at least 4 members (excludes halogenated alkanes) is 2. The minimum Gasteiger partial charge on any atom is -0.369 e. The molecule has 1 aliphatic heterocycles. The molecule has 1 heterocycles. The van der Waals surface area contributed by atoms with E-state index in [1.165, 1.54) is 18.5 Å². The lowest BCUT2D eigenvalue weighted by atomic mass is 10.1. The highest BCUT2D eigenvalue weighted by Crippen LogP contribution is 2.19. The molecule has 2 amide bonds. The van der Waals surface area contributed by atoms with Gasteiger partial charge in [-0.1, -0.05) is 26.2 Å². The maximum Gasteiger partial charge on any atom is 0.319 e.